The first-order valence-electron chi connectivity index (χ1n) is 5.50. The Kier molecular flexibility index (Phi) is 3.80. The molecule has 1 aromatic carbocycles. The quantitative estimate of drug-likeness (QED) is 0.894. The lowest BCUT2D eigenvalue weighted by atomic mass is 10.1. The maximum atomic E-state index is 14.0. The van der Waals surface area contributed by atoms with Gasteiger partial charge >= 0.3 is 6.61 Å². The Bertz CT molecular complexity index is 730. The van der Waals surface area contributed by atoms with Crippen LogP contribution in [0, 0.1) is 17.1 Å². The number of hydrogen-bond donors (Lipinski definition) is 2. The zero-order valence-corrected chi connectivity index (χ0v) is 10.3. The molecule has 21 heavy (non-hydrogen) atoms. The summed E-state index contributed by atoms with van der Waals surface area (Å²) in [7, 11) is 0. The van der Waals surface area contributed by atoms with Gasteiger partial charge in [0.1, 0.15) is 29.0 Å². The monoisotopic (exact) mass is 295 g/mol. The second-order valence-corrected chi connectivity index (χ2v) is 3.82. The lowest BCUT2D eigenvalue weighted by Crippen LogP contribution is -2.06. The van der Waals surface area contributed by atoms with Crippen LogP contribution in [-0.2, 0) is 0 Å². The van der Waals surface area contributed by atoms with Crippen LogP contribution in [0.5, 0.6) is 5.75 Å². The summed E-state index contributed by atoms with van der Waals surface area (Å²) in [5, 5.41) is 9.02. The van der Waals surface area contributed by atoms with Crippen molar-refractivity contribution in [1.82, 2.24) is 9.97 Å². The fraction of sp³-hybridized carbons (Fsp3) is 0.0833. The number of benzene rings is 1. The van der Waals surface area contributed by atoms with Crippen LogP contribution in [0.3, 0.4) is 0 Å². The summed E-state index contributed by atoms with van der Waals surface area (Å²) in [6.07, 6.45) is 0. The van der Waals surface area contributed by atoms with E-state index in [4.69, 9.17) is 16.7 Å². The van der Waals surface area contributed by atoms with E-state index in [0.717, 1.165) is 18.2 Å². The van der Waals surface area contributed by atoms with E-state index < -0.39 is 12.4 Å². The Morgan fingerprint density at radius 1 is 1.24 bits per heavy atom. The molecule has 0 bridgehead atoms. The summed E-state index contributed by atoms with van der Waals surface area (Å²) < 4.78 is 42.2. The maximum absolute atomic E-state index is 14.0. The Balaban J connectivity index is 2.55. The molecule has 0 saturated heterocycles. The van der Waals surface area contributed by atoms with Crippen molar-refractivity contribution in [2.24, 2.45) is 0 Å². The molecule has 0 aliphatic rings. The van der Waals surface area contributed by atoms with Gasteiger partial charge in [-0.15, -0.1) is 0 Å². The van der Waals surface area contributed by atoms with E-state index in [1.54, 1.807) is 6.07 Å². The Hall–Kier alpha value is -3.02. The summed E-state index contributed by atoms with van der Waals surface area (Å²) in [6, 6.07) is 4.73. The van der Waals surface area contributed by atoms with Gasteiger partial charge in [-0.1, -0.05) is 0 Å². The number of alkyl halides is 2. The molecule has 0 aliphatic carbocycles. The summed E-state index contributed by atoms with van der Waals surface area (Å²) in [5.41, 5.74) is 10.5. The van der Waals surface area contributed by atoms with Crippen molar-refractivity contribution in [1.29, 1.82) is 5.26 Å². The van der Waals surface area contributed by atoms with Crippen molar-refractivity contribution >= 4 is 11.8 Å². The van der Waals surface area contributed by atoms with Crippen molar-refractivity contribution in [2.45, 2.75) is 6.61 Å². The normalized spacial score (nSPS) is 10.4. The number of ether oxygens (including phenoxy) is 1. The molecule has 0 unspecified atom stereocenters. The van der Waals surface area contributed by atoms with Crippen molar-refractivity contribution in [3.05, 3.63) is 29.6 Å². The number of aromatic nitrogens is 2. The number of halogens is 3. The van der Waals surface area contributed by atoms with Gasteiger partial charge in [0.25, 0.3) is 0 Å². The number of nitrogen functional groups attached to an aromatic ring is 2. The van der Waals surface area contributed by atoms with Crippen LogP contribution in [0.25, 0.3) is 11.3 Å². The fourth-order valence-electron chi connectivity index (χ4n) is 1.67. The van der Waals surface area contributed by atoms with E-state index >= 15 is 0 Å². The molecule has 2 rings (SSSR count). The van der Waals surface area contributed by atoms with Crippen molar-refractivity contribution in [3.63, 3.8) is 0 Å². The average Bonchev–Trinajstić information content (AvgIpc) is 2.37. The number of hydrogen-bond acceptors (Lipinski definition) is 6. The fourth-order valence-corrected chi connectivity index (χ4v) is 1.67. The number of anilines is 2. The molecule has 2 aromatic rings. The highest BCUT2D eigenvalue weighted by atomic mass is 19.3. The van der Waals surface area contributed by atoms with Gasteiger partial charge in [-0.2, -0.15) is 19.0 Å². The van der Waals surface area contributed by atoms with E-state index in [1.165, 1.54) is 0 Å². The summed E-state index contributed by atoms with van der Waals surface area (Å²) >= 11 is 0. The number of nitriles is 1. The van der Waals surface area contributed by atoms with E-state index in [2.05, 4.69) is 14.7 Å². The lowest BCUT2D eigenvalue weighted by molar-refractivity contribution is -0.0499. The predicted molar refractivity (Wildman–Crippen MR) is 67.6 cm³/mol. The van der Waals surface area contributed by atoms with Gasteiger partial charge < -0.3 is 16.2 Å². The number of nitrogens with zero attached hydrogens (tertiary/aromatic N) is 3. The van der Waals surface area contributed by atoms with E-state index in [1.807, 2.05) is 0 Å². The van der Waals surface area contributed by atoms with Crippen LogP contribution in [0.15, 0.2) is 18.2 Å². The molecule has 4 N–H and O–H groups in total. The van der Waals surface area contributed by atoms with Crippen molar-refractivity contribution < 1.29 is 17.9 Å². The third-order valence-corrected chi connectivity index (χ3v) is 2.49. The Labute approximate surface area is 116 Å². The second kappa shape index (κ2) is 5.54. The van der Waals surface area contributed by atoms with Gasteiger partial charge in [0.15, 0.2) is 0 Å². The molecule has 0 spiro atoms. The molecule has 0 radical (unpaired) electrons. The van der Waals surface area contributed by atoms with E-state index in [9.17, 15) is 13.2 Å². The van der Waals surface area contributed by atoms with Gasteiger partial charge in [-0.3, -0.25) is 0 Å². The third kappa shape index (κ3) is 2.94. The first-order chi connectivity index (χ1) is 9.92. The maximum Gasteiger partial charge on any atom is 0.387 e. The van der Waals surface area contributed by atoms with E-state index in [-0.39, 0.29) is 34.3 Å². The number of nitrogens with two attached hydrogens (primary N) is 2. The standard InChI is InChI=1S/C12H8F3N5O/c13-8-3-5(21-11(14)15)1-2-6(8)9-7(4-16)10(17)20-12(18)19-9/h1-3,11H,(H4,17,18,19,20). The first kappa shape index (κ1) is 14.4. The summed E-state index contributed by atoms with van der Waals surface area (Å²) in [5.74, 6) is -1.72. The van der Waals surface area contributed by atoms with Crippen LogP contribution in [0.1, 0.15) is 5.56 Å². The topological polar surface area (TPSA) is 111 Å². The molecule has 0 saturated carbocycles. The van der Waals surface area contributed by atoms with Crippen LogP contribution >= 0.6 is 0 Å². The first-order valence-corrected chi connectivity index (χ1v) is 5.50. The second-order valence-electron chi connectivity index (χ2n) is 3.82. The Morgan fingerprint density at radius 2 is 1.95 bits per heavy atom. The Morgan fingerprint density at radius 3 is 2.52 bits per heavy atom. The molecular formula is C12H8F3N5O. The highest BCUT2D eigenvalue weighted by Crippen LogP contribution is 2.30. The minimum atomic E-state index is -3.07. The minimum absolute atomic E-state index is 0.122. The zero-order valence-electron chi connectivity index (χ0n) is 10.3. The van der Waals surface area contributed by atoms with Gasteiger partial charge in [0, 0.05) is 11.6 Å². The van der Waals surface area contributed by atoms with Crippen molar-refractivity contribution in [2.75, 3.05) is 11.5 Å². The lowest BCUT2D eigenvalue weighted by Gasteiger charge is -2.09. The minimum Gasteiger partial charge on any atom is -0.435 e. The zero-order chi connectivity index (χ0) is 15.6. The molecule has 0 aliphatic heterocycles. The summed E-state index contributed by atoms with van der Waals surface area (Å²) in [6.45, 7) is -3.07. The molecule has 1 heterocycles. The molecule has 0 amide bonds. The highest BCUT2D eigenvalue weighted by Gasteiger charge is 2.17. The molecular weight excluding hydrogens is 287 g/mol. The molecule has 6 nitrogen and oxygen atoms in total. The SMILES string of the molecule is N#Cc1c(N)nc(N)nc1-c1ccc(OC(F)F)cc1F. The van der Waals surface area contributed by atoms with Crippen molar-refractivity contribution in [3.8, 4) is 23.1 Å². The van der Waals surface area contributed by atoms with Gasteiger partial charge in [0.2, 0.25) is 5.95 Å². The van der Waals surface area contributed by atoms with Gasteiger partial charge in [-0.05, 0) is 12.1 Å². The van der Waals surface area contributed by atoms with Gasteiger partial charge in [0.05, 0.1) is 5.69 Å². The van der Waals surface area contributed by atoms with Gasteiger partial charge in [-0.25, -0.2) is 9.37 Å². The van der Waals surface area contributed by atoms with Crippen LogP contribution in [-0.4, -0.2) is 16.6 Å². The smallest absolute Gasteiger partial charge is 0.387 e. The van der Waals surface area contributed by atoms with Crippen LogP contribution in [0.2, 0.25) is 0 Å². The third-order valence-electron chi connectivity index (χ3n) is 2.49. The van der Waals surface area contributed by atoms with Crippen LogP contribution in [0.4, 0.5) is 24.9 Å². The number of rotatable bonds is 3. The van der Waals surface area contributed by atoms with Crippen LogP contribution < -0.4 is 16.2 Å². The summed E-state index contributed by atoms with van der Waals surface area (Å²) in [4.78, 5) is 7.35. The predicted octanol–water partition coefficient (Wildman–Crippen LogP) is 1.92. The van der Waals surface area contributed by atoms with E-state index in [0.29, 0.717) is 0 Å². The largest absolute Gasteiger partial charge is 0.435 e. The highest BCUT2D eigenvalue weighted by molar-refractivity contribution is 5.73. The molecule has 108 valence electrons. The molecule has 9 heteroatoms. The molecule has 0 atom stereocenters. The average molecular weight is 295 g/mol. The molecule has 0 fully saturated rings. The molecule has 1 aromatic heterocycles.